The standard InChI is InChI=1S/C15H17N3O6S/c1-2-23-14(21)6-13-18(12(20)9-25-13)8-11(19)17-15(22)16-7-10-4-3-5-24-10/h3-6H,2,7-9H2,1H3,(H2,16,17,19,22)/b13-6+. The van der Waals surface area contributed by atoms with Gasteiger partial charge in [-0.15, -0.1) is 0 Å². The number of imide groups is 1. The number of esters is 1. The minimum atomic E-state index is -0.711. The largest absolute Gasteiger partial charge is 0.467 e. The van der Waals surface area contributed by atoms with Gasteiger partial charge < -0.3 is 14.5 Å². The molecule has 2 N–H and O–H groups in total. The molecule has 1 aliphatic heterocycles. The lowest BCUT2D eigenvalue weighted by Crippen LogP contribution is -2.44. The number of carbonyl (C=O) groups excluding carboxylic acids is 4. The first kappa shape index (κ1) is 18.6. The Morgan fingerprint density at radius 3 is 2.92 bits per heavy atom. The number of rotatable bonds is 6. The van der Waals surface area contributed by atoms with Crippen LogP contribution in [0.3, 0.4) is 0 Å². The van der Waals surface area contributed by atoms with Gasteiger partial charge in [-0.05, 0) is 19.1 Å². The van der Waals surface area contributed by atoms with E-state index in [1.807, 2.05) is 0 Å². The van der Waals surface area contributed by atoms with Crippen LogP contribution in [0.1, 0.15) is 12.7 Å². The number of furan rings is 1. The third-order valence-electron chi connectivity index (χ3n) is 3.00. The van der Waals surface area contributed by atoms with Gasteiger partial charge in [0.05, 0.1) is 36.3 Å². The Hall–Kier alpha value is -2.75. The fraction of sp³-hybridized carbons (Fsp3) is 0.333. The van der Waals surface area contributed by atoms with E-state index in [0.29, 0.717) is 10.8 Å². The molecule has 1 fully saturated rings. The van der Waals surface area contributed by atoms with Crippen LogP contribution >= 0.6 is 11.8 Å². The Morgan fingerprint density at radius 1 is 1.44 bits per heavy atom. The highest BCUT2D eigenvalue weighted by atomic mass is 32.2. The third kappa shape index (κ3) is 5.68. The van der Waals surface area contributed by atoms with Gasteiger partial charge in [-0.3, -0.25) is 19.8 Å². The van der Waals surface area contributed by atoms with Gasteiger partial charge in [0.15, 0.2) is 0 Å². The Labute approximate surface area is 147 Å². The van der Waals surface area contributed by atoms with Gasteiger partial charge in [-0.2, -0.15) is 0 Å². The molecule has 134 valence electrons. The lowest BCUT2D eigenvalue weighted by molar-refractivity contribution is -0.137. The van der Waals surface area contributed by atoms with Crippen molar-refractivity contribution < 1.29 is 28.3 Å². The normalized spacial score (nSPS) is 15.3. The molecule has 1 aromatic heterocycles. The van der Waals surface area contributed by atoms with Gasteiger partial charge in [0.25, 0.3) is 0 Å². The van der Waals surface area contributed by atoms with E-state index in [1.165, 1.54) is 6.26 Å². The molecule has 0 aliphatic carbocycles. The number of hydrogen-bond donors (Lipinski definition) is 2. The summed E-state index contributed by atoms with van der Waals surface area (Å²) in [6, 6.07) is 2.64. The van der Waals surface area contributed by atoms with E-state index >= 15 is 0 Å². The summed E-state index contributed by atoms with van der Waals surface area (Å²) in [4.78, 5) is 48.1. The molecule has 10 heteroatoms. The third-order valence-corrected chi connectivity index (χ3v) is 4.02. The maximum Gasteiger partial charge on any atom is 0.333 e. The van der Waals surface area contributed by atoms with Crippen LogP contribution < -0.4 is 10.6 Å². The predicted octanol–water partition coefficient (Wildman–Crippen LogP) is 0.585. The summed E-state index contributed by atoms with van der Waals surface area (Å²) in [6.45, 7) is 1.62. The number of nitrogens with zero attached hydrogens (tertiary/aromatic N) is 1. The molecule has 0 aromatic carbocycles. The molecule has 25 heavy (non-hydrogen) atoms. The molecule has 0 saturated carbocycles. The molecule has 1 aliphatic rings. The van der Waals surface area contributed by atoms with Crippen LogP contribution in [0.25, 0.3) is 0 Å². The lowest BCUT2D eigenvalue weighted by Gasteiger charge is -2.16. The summed E-state index contributed by atoms with van der Waals surface area (Å²) < 4.78 is 9.83. The molecular formula is C15H17N3O6S. The monoisotopic (exact) mass is 367 g/mol. The number of carbonyl (C=O) groups is 4. The highest BCUT2D eigenvalue weighted by Gasteiger charge is 2.29. The molecule has 2 rings (SSSR count). The molecule has 0 spiro atoms. The van der Waals surface area contributed by atoms with Crippen molar-refractivity contribution >= 4 is 35.6 Å². The zero-order valence-corrected chi connectivity index (χ0v) is 14.3. The van der Waals surface area contributed by atoms with Crippen LogP contribution in [0.4, 0.5) is 4.79 Å². The van der Waals surface area contributed by atoms with Crippen molar-refractivity contribution in [1.82, 2.24) is 15.5 Å². The zero-order valence-electron chi connectivity index (χ0n) is 13.4. The molecule has 2 heterocycles. The summed E-state index contributed by atoms with van der Waals surface area (Å²) in [5.41, 5.74) is 0. The van der Waals surface area contributed by atoms with Crippen LogP contribution in [-0.2, 0) is 25.7 Å². The summed E-state index contributed by atoms with van der Waals surface area (Å²) in [5.74, 6) is -0.952. The van der Waals surface area contributed by atoms with Gasteiger partial charge in [0.1, 0.15) is 12.3 Å². The van der Waals surface area contributed by atoms with Crippen molar-refractivity contribution in [3.05, 3.63) is 35.3 Å². The van der Waals surface area contributed by atoms with Crippen LogP contribution in [-0.4, -0.2) is 47.6 Å². The van der Waals surface area contributed by atoms with Gasteiger partial charge in [0.2, 0.25) is 11.8 Å². The summed E-state index contributed by atoms with van der Waals surface area (Å²) in [7, 11) is 0. The molecule has 0 bridgehead atoms. The number of ether oxygens (including phenoxy) is 1. The average molecular weight is 367 g/mol. The van der Waals surface area contributed by atoms with Crippen LogP contribution in [0.15, 0.2) is 33.9 Å². The summed E-state index contributed by atoms with van der Waals surface area (Å²) >= 11 is 1.13. The van der Waals surface area contributed by atoms with Crippen molar-refractivity contribution in [2.45, 2.75) is 13.5 Å². The van der Waals surface area contributed by atoms with Crippen LogP contribution in [0.2, 0.25) is 0 Å². The zero-order chi connectivity index (χ0) is 18.2. The van der Waals surface area contributed by atoms with Gasteiger partial charge >= 0.3 is 12.0 Å². The molecule has 0 atom stereocenters. The molecule has 0 radical (unpaired) electrons. The first-order chi connectivity index (χ1) is 12.0. The first-order valence-electron chi connectivity index (χ1n) is 7.41. The highest BCUT2D eigenvalue weighted by Crippen LogP contribution is 2.28. The maximum absolute atomic E-state index is 11.9. The quantitative estimate of drug-likeness (QED) is 0.558. The number of amides is 4. The summed E-state index contributed by atoms with van der Waals surface area (Å²) in [6.07, 6.45) is 2.62. The minimum Gasteiger partial charge on any atom is -0.467 e. The number of thioether (sulfide) groups is 1. The van der Waals surface area contributed by atoms with Crippen molar-refractivity contribution in [3.63, 3.8) is 0 Å². The second-order valence-corrected chi connectivity index (χ2v) is 5.81. The number of hydrogen-bond acceptors (Lipinski definition) is 7. The fourth-order valence-corrected chi connectivity index (χ4v) is 2.85. The van der Waals surface area contributed by atoms with E-state index < -0.39 is 17.9 Å². The number of nitrogens with one attached hydrogen (secondary N) is 2. The number of urea groups is 1. The predicted molar refractivity (Wildman–Crippen MR) is 88.0 cm³/mol. The summed E-state index contributed by atoms with van der Waals surface area (Å²) in [5, 5.41) is 4.88. The van der Waals surface area contributed by atoms with Crippen molar-refractivity contribution in [1.29, 1.82) is 0 Å². The van der Waals surface area contributed by atoms with Gasteiger partial charge in [0, 0.05) is 0 Å². The van der Waals surface area contributed by atoms with E-state index in [1.54, 1.807) is 19.1 Å². The van der Waals surface area contributed by atoms with E-state index in [9.17, 15) is 19.2 Å². The SMILES string of the molecule is CCOC(=O)/C=C1/SCC(=O)N1CC(=O)NC(=O)NCc1ccco1. The second kappa shape index (κ2) is 8.92. The second-order valence-electron chi connectivity index (χ2n) is 4.81. The lowest BCUT2D eigenvalue weighted by atomic mass is 10.4. The molecule has 4 amide bonds. The molecule has 9 nitrogen and oxygen atoms in total. The smallest absolute Gasteiger partial charge is 0.333 e. The molecule has 1 aromatic rings. The highest BCUT2D eigenvalue weighted by molar-refractivity contribution is 8.04. The maximum atomic E-state index is 11.9. The van der Waals surface area contributed by atoms with E-state index in [0.717, 1.165) is 22.7 Å². The average Bonchev–Trinajstić information content (AvgIpc) is 3.18. The minimum absolute atomic E-state index is 0.114. The van der Waals surface area contributed by atoms with E-state index in [2.05, 4.69) is 10.6 Å². The van der Waals surface area contributed by atoms with Crippen LogP contribution in [0.5, 0.6) is 0 Å². The van der Waals surface area contributed by atoms with E-state index in [4.69, 9.17) is 9.15 Å². The van der Waals surface area contributed by atoms with Gasteiger partial charge in [-0.1, -0.05) is 11.8 Å². The molecule has 0 unspecified atom stereocenters. The van der Waals surface area contributed by atoms with Crippen molar-refractivity contribution in [2.75, 3.05) is 18.9 Å². The fourth-order valence-electron chi connectivity index (χ4n) is 1.92. The van der Waals surface area contributed by atoms with Gasteiger partial charge in [-0.25, -0.2) is 9.59 Å². The Balaban J connectivity index is 1.85. The molecule has 1 saturated heterocycles. The Bertz CT molecular complexity index is 685. The molecular weight excluding hydrogens is 350 g/mol. The topological polar surface area (TPSA) is 118 Å². The first-order valence-corrected chi connectivity index (χ1v) is 8.39. The Kier molecular flexibility index (Phi) is 6.63. The van der Waals surface area contributed by atoms with Crippen LogP contribution in [0, 0.1) is 0 Å². The van der Waals surface area contributed by atoms with Crippen molar-refractivity contribution in [3.8, 4) is 0 Å². The van der Waals surface area contributed by atoms with Crippen molar-refractivity contribution in [2.24, 2.45) is 0 Å². The Morgan fingerprint density at radius 2 is 2.24 bits per heavy atom. The van der Waals surface area contributed by atoms with E-state index in [-0.39, 0.29) is 31.4 Å².